The van der Waals surface area contributed by atoms with Gasteiger partial charge in [0.2, 0.25) is 0 Å². The SMILES string of the molecule is CCCCCSc1ccc([C@@H](N)CC)nc1. The number of unbranched alkanes of at least 4 members (excludes halogenated alkanes) is 2. The van der Waals surface area contributed by atoms with Crippen LogP contribution in [-0.4, -0.2) is 10.7 Å². The molecule has 0 saturated heterocycles. The Balaban J connectivity index is 2.39. The quantitative estimate of drug-likeness (QED) is 0.580. The van der Waals surface area contributed by atoms with Crippen LogP contribution in [0.4, 0.5) is 0 Å². The zero-order chi connectivity index (χ0) is 11.8. The van der Waals surface area contributed by atoms with Crippen LogP contribution in [0.3, 0.4) is 0 Å². The molecule has 0 fully saturated rings. The third-order valence-electron chi connectivity index (χ3n) is 2.60. The molecular formula is C13H22N2S. The first kappa shape index (κ1) is 13.5. The van der Waals surface area contributed by atoms with Gasteiger partial charge in [0.25, 0.3) is 0 Å². The fourth-order valence-corrected chi connectivity index (χ4v) is 2.32. The molecule has 0 aliphatic rings. The molecule has 0 bridgehead atoms. The van der Waals surface area contributed by atoms with Gasteiger partial charge in [0.1, 0.15) is 0 Å². The van der Waals surface area contributed by atoms with Crippen molar-refractivity contribution in [3.8, 4) is 0 Å². The molecule has 90 valence electrons. The Morgan fingerprint density at radius 2 is 2.12 bits per heavy atom. The Morgan fingerprint density at radius 1 is 1.31 bits per heavy atom. The van der Waals surface area contributed by atoms with Gasteiger partial charge in [-0.1, -0.05) is 26.7 Å². The fraction of sp³-hybridized carbons (Fsp3) is 0.615. The molecule has 16 heavy (non-hydrogen) atoms. The van der Waals surface area contributed by atoms with Crippen molar-refractivity contribution < 1.29 is 0 Å². The van der Waals surface area contributed by atoms with Crippen LogP contribution in [0.2, 0.25) is 0 Å². The number of hydrogen-bond acceptors (Lipinski definition) is 3. The van der Waals surface area contributed by atoms with E-state index in [1.54, 1.807) is 0 Å². The van der Waals surface area contributed by atoms with E-state index >= 15 is 0 Å². The molecule has 1 heterocycles. The van der Waals surface area contributed by atoms with Crippen molar-refractivity contribution in [3.05, 3.63) is 24.0 Å². The predicted octanol–water partition coefficient (Wildman–Crippen LogP) is 3.77. The summed E-state index contributed by atoms with van der Waals surface area (Å²) in [5.74, 6) is 1.19. The molecule has 0 amide bonds. The van der Waals surface area contributed by atoms with Crippen molar-refractivity contribution in [2.45, 2.75) is 50.5 Å². The van der Waals surface area contributed by atoms with E-state index in [2.05, 4.69) is 31.0 Å². The largest absolute Gasteiger partial charge is 0.323 e. The zero-order valence-electron chi connectivity index (χ0n) is 10.3. The average molecular weight is 238 g/mol. The average Bonchev–Trinajstić information content (AvgIpc) is 2.34. The van der Waals surface area contributed by atoms with Crippen molar-refractivity contribution in [3.63, 3.8) is 0 Å². The molecule has 1 aromatic rings. The molecule has 3 heteroatoms. The Kier molecular flexibility index (Phi) is 6.50. The molecule has 2 N–H and O–H groups in total. The summed E-state index contributed by atoms with van der Waals surface area (Å²) in [5, 5.41) is 0. The van der Waals surface area contributed by atoms with E-state index in [1.807, 2.05) is 18.0 Å². The molecular weight excluding hydrogens is 216 g/mol. The van der Waals surface area contributed by atoms with Crippen LogP contribution in [0, 0.1) is 0 Å². The smallest absolute Gasteiger partial charge is 0.0571 e. The summed E-state index contributed by atoms with van der Waals surface area (Å²) in [6.45, 7) is 4.31. The lowest BCUT2D eigenvalue weighted by atomic mass is 10.1. The Morgan fingerprint density at radius 3 is 2.69 bits per heavy atom. The molecule has 0 unspecified atom stereocenters. The van der Waals surface area contributed by atoms with Gasteiger partial charge >= 0.3 is 0 Å². The van der Waals surface area contributed by atoms with Gasteiger partial charge in [-0.25, -0.2) is 0 Å². The van der Waals surface area contributed by atoms with E-state index in [0.29, 0.717) is 0 Å². The number of rotatable bonds is 7. The van der Waals surface area contributed by atoms with Gasteiger partial charge in [0, 0.05) is 17.1 Å². The third-order valence-corrected chi connectivity index (χ3v) is 3.66. The monoisotopic (exact) mass is 238 g/mol. The molecule has 0 saturated carbocycles. The number of hydrogen-bond donors (Lipinski definition) is 1. The molecule has 1 aromatic heterocycles. The topological polar surface area (TPSA) is 38.9 Å². The number of nitrogens with two attached hydrogens (primary N) is 1. The van der Waals surface area contributed by atoms with E-state index in [9.17, 15) is 0 Å². The standard InChI is InChI=1S/C13H22N2S/c1-3-5-6-9-16-11-7-8-13(15-10-11)12(14)4-2/h7-8,10,12H,3-6,9,14H2,1-2H3/t12-/m0/s1. The van der Waals surface area contributed by atoms with Gasteiger partial charge in [-0.05, 0) is 30.7 Å². The van der Waals surface area contributed by atoms with Gasteiger partial charge < -0.3 is 5.73 Å². The van der Waals surface area contributed by atoms with Crippen LogP contribution in [0.15, 0.2) is 23.2 Å². The fourth-order valence-electron chi connectivity index (χ4n) is 1.45. The summed E-state index contributed by atoms with van der Waals surface area (Å²) in [5.41, 5.74) is 6.92. The van der Waals surface area contributed by atoms with Gasteiger partial charge in [-0.2, -0.15) is 0 Å². The van der Waals surface area contributed by atoms with E-state index in [0.717, 1.165) is 12.1 Å². The highest BCUT2D eigenvalue weighted by atomic mass is 32.2. The second kappa shape index (κ2) is 7.69. The lowest BCUT2D eigenvalue weighted by molar-refractivity contribution is 0.674. The van der Waals surface area contributed by atoms with Gasteiger partial charge in [-0.3, -0.25) is 4.98 Å². The molecule has 2 nitrogen and oxygen atoms in total. The number of thioether (sulfide) groups is 1. The number of nitrogens with zero attached hydrogens (tertiary/aromatic N) is 1. The first-order valence-corrected chi connectivity index (χ1v) is 7.10. The highest BCUT2D eigenvalue weighted by Crippen LogP contribution is 2.20. The normalized spacial score (nSPS) is 12.7. The first-order chi connectivity index (χ1) is 7.77. The van der Waals surface area contributed by atoms with Crippen LogP contribution >= 0.6 is 11.8 Å². The Bertz CT molecular complexity index is 284. The minimum absolute atomic E-state index is 0.0825. The van der Waals surface area contributed by atoms with Crippen LogP contribution in [-0.2, 0) is 0 Å². The lowest BCUT2D eigenvalue weighted by Crippen LogP contribution is -2.10. The van der Waals surface area contributed by atoms with Gasteiger partial charge in [-0.15, -0.1) is 11.8 Å². The van der Waals surface area contributed by atoms with Crippen molar-refractivity contribution in [2.75, 3.05) is 5.75 Å². The summed E-state index contributed by atoms with van der Waals surface area (Å²) in [4.78, 5) is 5.66. The maximum absolute atomic E-state index is 5.91. The predicted molar refractivity (Wildman–Crippen MR) is 71.7 cm³/mol. The molecule has 0 radical (unpaired) electrons. The van der Waals surface area contributed by atoms with E-state index in [4.69, 9.17) is 5.73 Å². The van der Waals surface area contributed by atoms with Gasteiger partial charge in [0.05, 0.1) is 5.69 Å². The summed E-state index contributed by atoms with van der Waals surface area (Å²) in [7, 11) is 0. The summed E-state index contributed by atoms with van der Waals surface area (Å²) >= 11 is 1.89. The van der Waals surface area contributed by atoms with Crippen LogP contribution < -0.4 is 5.73 Å². The van der Waals surface area contributed by atoms with E-state index in [-0.39, 0.29) is 6.04 Å². The van der Waals surface area contributed by atoms with Crippen molar-refractivity contribution in [2.24, 2.45) is 5.73 Å². The lowest BCUT2D eigenvalue weighted by Gasteiger charge is -2.08. The Labute approximate surface area is 103 Å². The molecule has 0 aliphatic heterocycles. The minimum atomic E-state index is 0.0825. The second-order valence-corrected chi connectivity index (χ2v) is 5.16. The zero-order valence-corrected chi connectivity index (χ0v) is 11.1. The molecule has 1 atom stereocenters. The van der Waals surface area contributed by atoms with Crippen molar-refractivity contribution >= 4 is 11.8 Å². The van der Waals surface area contributed by atoms with Crippen LogP contribution in [0.25, 0.3) is 0 Å². The highest BCUT2D eigenvalue weighted by molar-refractivity contribution is 7.99. The number of pyridine rings is 1. The van der Waals surface area contributed by atoms with E-state index in [1.165, 1.54) is 29.9 Å². The summed E-state index contributed by atoms with van der Waals surface area (Å²) in [6.07, 6.45) is 6.77. The first-order valence-electron chi connectivity index (χ1n) is 6.12. The highest BCUT2D eigenvalue weighted by Gasteiger charge is 2.04. The third kappa shape index (κ3) is 4.54. The van der Waals surface area contributed by atoms with Crippen LogP contribution in [0.1, 0.15) is 51.3 Å². The van der Waals surface area contributed by atoms with Crippen LogP contribution in [0.5, 0.6) is 0 Å². The summed E-state index contributed by atoms with van der Waals surface area (Å²) in [6, 6.07) is 4.27. The maximum Gasteiger partial charge on any atom is 0.0571 e. The molecule has 1 rings (SSSR count). The van der Waals surface area contributed by atoms with Gasteiger partial charge in [0.15, 0.2) is 0 Å². The number of aromatic nitrogens is 1. The Hall–Kier alpha value is -0.540. The van der Waals surface area contributed by atoms with E-state index < -0.39 is 0 Å². The minimum Gasteiger partial charge on any atom is -0.323 e. The second-order valence-electron chi connectivity index (χ2n) is 3.99. The van der Waals surface area contributed by atoms with Crippen molar-refractivity contribution in [1.82, 2.24) is 4.98 Å². The molecule has 0 aromatic carbocycles. The summed E-state index contributed by atoms with van der Waals surface area (Å²) < 4.78 is 0. The van der Waals surface area contributed by atoms with Crippen molar-refractivity contribution in [1.29, 1.82) is 0 Å². The maximum atomic E-state index is 5.91. The molecule has 0 spiro atoms. The molecule has 0 aliphatic carbocycles.